The van der Waals surface area contributed by atoms with Crippen LogP contribution < -0.4 is 0 Å². The van der Waals surface area contributed by atoms with E-state index in [1.807, 2.05) is 0 Å². The summed E-state index contributed by atoms with van der Waals surface area (Å²) in [5.74, 6) is -3.25. The fourth-order valence-electron chi connectivity index (χ4n) is 8.82. The Bertz CT molecular complexity index is 2160. The molecule has 12 heteroatoms. The first-order valence-corrected chi connectivity index (χ1v) is 33.1. The monoisotopic (exact) mass is 1210 g/mol. The summed E-state index contributed by atoms with van der Waals surface area (Å²) in [4.78, 5) is 51.4. The van der Waals surface area contributed by atoms with E-state index in [9.17, 15) is 34.5 Å². The molecule has 0 aromatic carbocycles. The maximum absolute atomic E-state index is 13.2. The third kappa shape index (κ3) is 49.7. The van der Waals surface area contributed by atoms with Crippen LogP contribution in [0.1, 0.15) is 226 Å². The Morgan fingerprint density at radius 2 is 0.690 bits per heavy atom. The lowest BCUT2D eigenvalue weighted by Gasteiger charge is -2.40. The summed E-state index contributed by atoms with van der Waals surface area (Å²) in [6.07, 6.45) is 77.3. The summed E-state index contributed by atoms with van der Waals surface area (Å²) < 4.78 is 28.5. The normalized spacial score (nSPS) is 18.5. The number of hydrogen-bond donors (Lipinski definition) is 3. The smallest absolute Gasteiger partial charge is 0.335 e. The van der Waals surface area contributed by atoms with E-state index in [2.05, 4.69) is 191 Å². The lowest BCUT2D eigenvalue weighted by molar-refractivity contribution is -0.301. The first-order valence-electron chi connectivity index (χ1n) is 33.1. The van der Waals surface area contributed by atoms with Crippen molar-refractivity contribution in [3.05, 3.63) is 170 Å². The van der Waals surface area contributed by atoms with Gasteiger partial charge >= 0.3 is 23.9 Å². The number of aliphatic hydroxyl groups excluding tert-OH is 2. The number of rotatable bonds is 54. The molecule has 0 amide bonds. The van der Waals surface area contributed by atoms with Crippen molar-refractivity contribution >= 4 is 23.9 Å². The molecule has 0 spiro atoms. The highest BCUT2D eigenvalue weighted by Crippen LogP contribution is 2.26. The predicted molar refractivity (Wildman–Crippen MR) is 358 cm³/mol. The van der Waals surface area contributed by atoms with Gasteiger partial charge < -0.3 is 39.0 Å². The number of allylic oxidation sites excluding steroid dienone is 28. The maximum Gasteiger partial charge on any atom is 0.335 e. The van der Waals surface area contributed by atoms with Crippen molar-refractivity contribution in [3.8, 4) is 0 Å². The highest BCUT2D eigenvalue weighted by atomic mass is 16.7. The largest absolute Gasteiger partial charge is 0.479 e. The maximum atomic E-state index is 13.2. The molecule has 0 saturated carbocycles. The number of aliphatic hydroxyl groups is 2. The first kappa shape index (κ1) is 79.1. The minimum atomic E-state index is -1.93. The SMILES string of the molecule is CC/C=C\C/C=C\C/C=C\C/C=C\C/C=C\CCCCCC(=O)OCC(COC1OC(C(=O)O)C(O)C(O)C1OC(=O)CCCCC/C=C\C/C=C\C/C=C\C/C=C\C/C=C\CC)OC(=O)CCCCCCCC/C=C\C/C=C\C/C=C\C/C=C\CC. The van der Waals surface area contributed by atoms with Crippen molar-refractivity contribution in [1.29, 1.82) is 0 Å². The summed E-state index contributed by atoms with van der Waals surface area (Å²) >= 11 is 0. The summed E-state index contributed by atoms with van der Waals surface area (Å²) in [7, 11) is 0. The van der Waals surface area contributed by atoms with E-state index >= 15 is 0 Å². The van der Waals surface area contributed by atoms with Crippen LogP contribution in [0.25, 0.3) is 0 Å². The Labute approximate surface area is 526 Å². The van der Waals surface area contributed by atoms with Crippen LogP contribution in [0.15, 0.2) is 170 Å². The minimum absolute atomic E-state index is 0.00562. The zero-order valence-corrected chi connectivity index (χ0v) is 53.7. The molecule has 6 atom stereocenters. The van der Waals surface area contributed by atoms with Gasteiger partial charge in [-0.1, -0.05) is 229 Å². The Kier molecular flexibility index (Phi) is 54.9. The molecule has 0 radical (unpaired) electrons. The fraction of sp³-hybridized carbons (Fsp3) is 0.573. The molecule has 0 bridgehead atoms. The summed E-state index contributed by atoms with van der Waals surface area (Å²) in [5.41, 5.74) is 0. The molecular weight excluding hydrogens is 1090 g/mol. The number of carbonyl (C=O) groups is 4. The standard InChI is InChI=1S/C75H114O12/c1-4-7-10-13-16-19-22-25-28-31-34-37-40-43-46-49-52-55-58-61-67(76)83-64-66(85-68(77)62-59-56-53-50-47-44-41-38-35-32-29-26-23-20-17-14-11-8-5-2)65-84-75-73(71(80)70(79)72(87-75)74(81)82)86-69(78)63-60-57-54-51-48-45-42-39-36-33-30-27-24-21-18-15-12-9-6-3/h7-12,16-21,25-30,34-39,43,45-46,48,66,70-73,75,79-80H,4-6,13-15,22-24,31-33,40-42,44,47,49-65H2,1-3H3,(H,81,82)/b10-7-,11-8-,12-9-,19-16-,20-17-,21-18-,28-25-,29-26-,30-27-,37-34-,38-35-,39-36-,46-43-,48-45-. The average Bonchev–Trinajstić information content (AvgIpc) is 2.56. The van der Waals surface area contributed by atoms with Crippen LogP contribution in [-0.4, -0.2) is 89.2 Å². The third-order valence-electron chi connectivity index (χ3n) is 13.8. The van der Waals surface area contributed by atoms with Crippen LogP contribution in [-0.2, 0) is 42.9 Å². The van der Waals surface area contributed by atoms with Crippen molar-refractivity contribution in [2.45, 2.75) is 263 Å². The van der Waals surface area contributed by atoms with Gasteiger partial charge in [-0.2, -0.15) is 0 Å². The molecular formula is C75H114O12. The number of carboxylic acid groups (broad SMARTS) is 1. The van der Waals surface area contributed by atoms with Crippen LogP contribution in [0.4, 0.5) is 0 Å². The molecule has 0 aliphatic carbocycles. The third-order valence-corrected chi connectivity index (χ3v) is 13.8. The van der Waals surface area contributed by atoms with Gasteiger partial charge in [-0.05, 0) is 148 Å². The van der Waals surface area contributed by atoms with Gasteiger partial charge in [0.2, 0.25) is 0 Å². The van der Waals surface area contributed by atoms with Gasteiger partial charge in [0.25, 0.3) is 0 Å². The zero-order chi connectivity index (χ0) is 63.1. The molecule has 6 unspecified atom stereocenters. The Hall–Kier alpha value is -5.92. The van der Waals surface area contributed by atoms with E-state index in [1.54, 1.807) is 0 Å². The molecule has 1 rings (SSSR count). The molecule has 12 nitrogen and oxygen atoms in total. The molecule has 1 aliphatic heterocycles. The molecule has 486 valence electrons. The van der Waals surface area contributed by atoms with Gasteiger partial charge in [-0.3, -0.25) is 14.4 Å². The van der Waals surface area contributed by atoms with Gasteiger partial charge in [0.05, 0.1) is 6.61 Å². The van der Waals surface area contributed by atoms with E-state index in [0.717, 1.165) is 167 Å². The molecule has 1 saturated heterocycles. The number of unbranched alkanes of at least 4 members (excludes halogenated alkanes) is 12. The molecule has 0 aromatic rings. The van der Waals surface area contributed by atoms with Gasteiger partial charge in [0.15, 0.2) is 24.6 Å². The van der Waals surface area contributed by atoms with E-state index in [-0.39, 0.29) is 25.9 Å². The van der Waals surface area contributed by atoms with E-state index < -0.39 is 67.3 Å². The lowest BCUT2D eigenvalue weighted by atomic mass is 9.98. The number of carbonyl (C=O) groups excluding carboxylic acids is 3. The second-order valence-corrected chi connectivity index (χ2v) is 21.6. The van der Waals surface area contributed by atoms with Gasteiger partial charge in [-0.15, -0.1) is 0 Å². The van der Waals surface area contributed by atoms with Crippen LogP contribution in [0, 0.1) is 0 Å². The Morgan fingerprint density at radius 3 is 1.06 bits per heavy atom. The number of ether oxygens (including phenoxy) is 5. The second-order valence-electron chi connectivity index (χ2n) is 21.6. The average molecular weight is 1210 g/mol. The molecule has 1 aliphatic rings. The molecule has 1 fully saturated rings. The highest BCUT2D eigenvalue weighted by molar-refractivity contribution is 5.74. The van der Waals surface area contributed by atoms with Gasteiger partial charge in [-0.25, -0.2) is 4.79 Å². The van der Waals surface area contributed by atoms with Crippen molar-refractivity contribution < 1.29 is 58.2 Å². The predicted octanol–water partition coefficient (Wildman–Crippen LogP) is 18.2. The van der Waals surface area contributed by atoms with Crippen LogP contribution >= 0.6 is 0 Å². The molecule has 0 aromatic heterocycles. The number of esters is 3. The van der Waals surface area contributed by atoms with Crippen molar-refractivity contribution in [3.63, 3.8) is 0 Å². The zero-order valence-electron chi connectivity index (χ0n) is 53.7. The van der Waals surface area contributed by atoms with Crippen LogP contribution in [0.2, 0.25) is 0 Å². The lowest BCUT2D eigenvalue weighted by Crippen LogP contribution is -2.61. The topological polar surface area (TPSA) is 175 Å². The quantitative estimate of drug-likeness (QED) is 0.0228. The molecule has 3 N–H and O–H groups in total. The van der Waals surface area contributed by atoms with Gasteiger partial charge in [0, 0.05) is 19.3 Å². The fourth-order valence-corrected chi connectivity index (χ4v) is 8.82. The Morgan fingerprint density at radius 1 is 0.379 bits per heavy atom. The summed E-state index contributed by atoms with van der Waals surface area (Å²) in [6.45, 7) is 5.60. The van der Waals surface area contributed by atoms with Crippen LogP contribution in [0.3, 0.4) is 0 Å². The van der Waals surface area contributed by atoms with Crippen LogP contribution in [0.5, 0.6) is 0 Å². The molecule has 87 heavy (non-hydrogen) atoms. The number of carboxylic acids is 1. The van der Waals surface area contributed by atoms with Crippen molar-refractivity contribution in [2.24, 2.45) is 0 Å². The van der Waals surface area contributed by atoms with Gasteiger partial charge in [0.1, 0.15) is 18.8 Å². The Balaban J connectivity index is 2.73. The minimum Gasteiger partial charge on any atom is -0.479 e. The number of aliphatic carboxylic acids is 1. The number of hydrogen-bond acceptors (Lipinski definition) is 11. The highest BCUT2D eigenvalue weighted by Gasteiger charge is 2.50. The summed E-state index contributed by atoms with van der Waals surface area (Å²) in [6, 6.07) is 0. The van der Waals surface area contributed by atoms with E-state index in [1.165, 1.54) is 0 Å². The van der Waals surface area contributed by atoms with Crippen molar-refractivity contribution in [2.75, 3.05) is 13.2 Å². The second kappa shape index (κ2) is 60.4. The molecule has 1 heterocycles. The van der Waals surface area contributed by atoms with E-state index in [4.69, 9.17) is 23.7 Å². The first-order chi connectivity index (χ1) is 42.6. The summed E-state index contributed by atoms with van der Waals surface area (Å²) in [5, 5.41) is 31.6. The van der Waals surface area contributed by atoms with E-state index in [0.29, 0.717) is 19.3 Å². The van der Waals surface area contributed by atoms with Crippen molar-refractivity contribution in [1.82, 2.24) is 0 Å².